The third-order valence-electron chi connectivity index (χ3n) is 2.82. The SMILES string of the molecule is C=C.C=C.C=C.C=C.C=C.C=C.CCOCC.OCCCCCCCCCCCS.OCCO. The van der Waals surface area contributed by atoms with E-state index >= 15 is 0 Å². The topological polar surface area (TPSA) is 69.9 Å². The molecule has 0 spiro atoms. The second-order valence-electron chi connectivity index (χ2n) is 4.86. The second kappa shape index (κ2) is 139. The van der Waals surface area contributed by atoms with Gasteiger partial charge in [-0.05, 0) is 32.4 Å². The van der Waals surface area contributed by atoms with Gasteiger partial charge in [-0.2, -0.15) is 12.6 Å². The van der Waals surface area contributed by atoms with Crippen molar-refractivity contribution >= 4 is 12.6 Å². The molecule has 0 aliphatic carbocycles. The van der Waals surface area contributed by atoms with Crippen molar-refractivity contribution in [2.45, 2.75) is 71.6 Å². The van der Waals surface area contributed by atoms with E-state index in [0.717, 1.165) is 25.4 Å². The number of unbranched alkanes of at least 4 members (excludes halogenated alkanes) is 8. The van der Waals surface area contributed by atoms with Crippen molar-refractivity contribution in [3.8, 4) is 0 Å². The van der Waals surface area contributed by atoms with Gasteiger partial charge in [0.2, 0.25) is 0 Å². The average molecular weight is 509 g/mol. The Balaban J connectivity index is -0.0000000356. The van der Waals surface area contributed by atoms with Crippen LogP contribution in [-0.2, 0) is 4.74 Å². The van der Waals surface area contributed by atoms with Gasteiger partial charge in [0.05, 0.1) is 13.2 Å². The summed E-state index contributed by atoms with van der Waals surface area (Å²) < 4.78 is 4.83. The summed E-state index contributed by atoms with van der Waals surface area (Å²) in [5.41, 5.74) is 0. The maximum atomic E-state index is 8.56. The molecule has 0 unspecified atom stereocenters. The molecule has 0 saturated carbocycles. The zero-order valence-corrected chi connectivity index (χ0v) is 24.2. The van der Waals surface area contributed by atoms with Crippen LogP contribution >= 0.6 is 12.6 Å². The van der Waals surface area contributed by atoms with Gasteiger partial charge in [0.1, 0.15) is 0 Å². The first-order valence-electron chi connectivity index (χ1n) is 11.8. The van der Waals surface area contributed by atoms with Gasteiger partial charge in [0.15, 0.2) is 0 Å². The number of ether oxygens (including phenoxy) is 1. The molecule has 0 aliphatic rings. The Bertz CT molecular complexity index is 191. The predicted molar refractivity (Wildman–Crippen MR) is 166 cm³/mol. The molecule has 0 aromatic carbocycles. The van der Waals surface area contributed by atoms with Crippen molar-refractivity contribution in [1.82, 2.24) is 0 Å². The van der Waals surface area contributed by atoms with Crippen LogP contribution in [-0.4, -0.2) is 54.1 Å². The molecule has 0 atom stereocenters. The standard InChI is InChI=1S/C11H24OS.C4H10O.C2H6O2.6C2H4/c12-10-8-6-4-2-1-3-5-7-9-11-13;1-3-5-4-2;3-1-2-4;6*1-2/h12-13H,1-11H2;3-4H2,1-2H3;3-4H,1-2H2;6*1-2H2. The quantitative estimate of drug-likeness (QED) is 0.115. The van der Waals surface area contributed by atoms with Crippen LogP contribution < -0.4 is 0 Å². The van der Waals surface area contributed by atoms with Gasteiger partial charge in [-0.15, -0.1) is 78.9 Å². The predicted octanol–water partition coefficient (Wildman–Crippen LogP) is 8.25. The molecule has 5 heteroatoms. The third-order valence-corrected chi connectivity index (χ3v) is 3.14. The largest absolute Gasteiger partial charge is 0.396 e. The summed E-state index contributed by atoms with van der Waals surface area (Å²) in [5, 5.41) is 23.8. The fraction of sp³-hybridized carbons (Fsp3) is 0.586. The van der Waals surface area contributed by atoms with Crippen LogP contribution in [0.4, 0.5) is 0 Å². The van der Waals surface area contributed by atoms with E-state index in [9.17, 15) is 0 Å². The van der Waals surface area contributed by atoms with Gasteiger partial charge in [-0.1, -0.05) is 44.9 Å². The molecule has 0 aliphatic heterocycles. The van der Waals surface area contributed by atoms with Crippen molar-refractivity contribution in [3.63, 3.8) is 0 Å². The Morgan fingerprint density at radius 1 is 0.441 bits per heavy atom. The Morgan fingerprint density at radius 3 is 0.824 bits per heavy atom. The lowest BCUT2D eigenvalue weighted by Gasteiger charge is -2.00. The number of thiol groups is 1. The fourth-order valence-electron chi connectivity index (χ4n) is 1.67. The number of hydrogen-bond acceptors (Lipinski definition) is 5. The van der Waals surface area contributed by atoms with Gasteiger partial charge < -0.3 is 20.1 Å². The maximum Gasteiger partial charge on any atom is 0.0662 e. The molecule has 0 radical (unpaired) electrons. The Kier molecular flexibility index (Phi) is 238. The molecule has 210 valence electrons. The van der Waals surface area contributed by atoms with Crippen LogP contribution in [0.2, 0.25) is 0 Å². The van der Waals surface area contributed by atoms with Gasteiger partial charge in [-0.25, -0.2) is 0 Å². The van der Waals surface area contributed by atoms with E-state index < -0.39 is 0 Å². The zero-order chi connectivity index (χ0) is 29.3. The van der Waals surface area contributed by atoms with E-state index in [1.807, 2.05) is 13.8 Å². The molecule has 3 N–H and O–H groups in total. The summed E-state index contributed by atoms with van der Waals surface area (Å²) >= 11 is 4.18. The Labute approximate surface area is 222 Å². The van der Waals surface area contributed by atoms with Gasteiger partial charge in [-0.3, -0.25) is 0 Å². The molecule has 4 nitrogen and oxygen atoms in total. The Hall–Kier alpha value is -1.37. The molecule has 0 saturated heterocycles. The van der Waals surface area contributed by atoms with Gasteiger partial charge >= 0.3 is 0 Å². The van der Waals surface area contributed by atoms with Crippen LogP contribution in [0.5, 0.6) is 0 Å². The molecule has 0 bridgehead atoms. The smallest absolute Gasteiger partial charge is 0.0662 e. The molecular formula is C29H64O4S. The van der Waals surface area contributed by atoms with E-state index in [0.29, 0.717) is 6.61 Å². The second-order valence-corrected chi connectivity index (χ2v) is 5.31. The minimum atomic E-state index is -0.125. The molecule has 0 heterocycles. The normalized spacial score (nSPS) is 6.88. The van der Waals surface area contributed by atoms with Crippen molar-refractivity contribution < 1.29 is 20.1 Å². The highest BCUT2D eigenvalue weighted by molar-refractivity contribution is 7.80. The minimum Gasteiger partial charge on any atom is -0.396 e. The molecular weight excluding hydrogens is 444 g/mol. The number of aliphatic hydroxyl groups is 3. The number of aliphatic hydroxyl groups excluding tert-OH is 3. The molecule has 0 aromatic heterocycles. The molecule has 0 fully saturated rings. The highest BCUT2D eigenvalue weighted by atomic mass is 32.1. The molecule has 0 amide bonds. The van der Waals surface area contributed by atoms with Crippen molar-refractivity contribution in [2.24, 2.45) is 0 Å². The van der Waals surface area contributed by atoms with Gasteiger partial charge in [0.25, 0.3) is 0 Å². The van der Waals surface area contributed by atoms with Crippen molar-refractivity contribution in [2.75, 3.05) is 38.8 Å². The van der Waals surface area contributed by atoms with Gasteiger partial charge in [0, 0.05) is 19.8 Å². The number of rotatable bonds is 13. The van der Waals surface area contributed by atoms with Crippen LogP contribution in [0, 0.1) is 0 Å². The molecule has 0 aromatic rings. The first-order chi connectivity index (χ1) is 16.7. The first kappa shape index (κ1) is 58.5. The summed E-state index contributed by atoms with van der Waals surface area (Å²) in [6, 6.07) is 0. The lowest BCUT2D eigenvalue weighted by Crippen LogP contribution is -1.85. The Morgan fingerprint density at radius 2 is 0.676 bits per heavy atom. The van der Waals surface area contributed by atoms with Crippen molar-refractivity contribution in [3.05, 3.63) is 78.9 Å². The van der Waals surface area contributed by atoms with Crippen LogP contribution in [0.3, 0.4) is 0 Å². The third kappa shape index (κ3) is 199. The van der Waals surface area contributed by atoms with E-state index in [1.165, 1.54) is 51.4 Å². The van der Waals surface area contributed by atoms with Crippen molar-refractivity contribution in [1.29, 1.82) is 0 Å². The summed E-state index contributed by atoms with van der Waals surface area (Å²) in [5.74, 6) is 1.04. The van der Waals surface area contributed by atoms with Crippen LogP contribution in [0.25, 0.3) is 0 Å². The summed E-state index contributed by atoms with van der Waals surface area (Å²) in [7, 11) is 0. The molecule has 0 rings (SSSR count). The zero-order valence-electron chi connectivity index (χ0n) is 23.3. The lowest BCUT2D eigenvalue weighted by molar-refractivity contribution is 0.162. The highest BCUT2D eigenvalue weighted by Gasteiger charge is 1.91. The van der Waals surface area contributed by atoms with E-state index in [-0.39, 0.29) is 13.2 Å². The maximum absolute atomic E-state index is 8.56. The van der Waals surface area contributed by atoms with Crippen LogP contribution in [0.15, 0.2) is 78.9 Å². The highest BCUT2D eigenvalue weighted by Crippen LogP contribution is 2.09. The number of hydrogen-bond donors (Lipinski definition) is 4. The van der Waals surface area contributed by atoms with E-state index in [1.54, 1.807) is 0 Å². The monoisotopic (exact) mass is 508 g/mol. The van der Waals surface area contributed by atoms with Crippen LogP contribution in [0.1, 0.15) is 71.6 Å². The lowest BCUT2D eigenvalue weighted by atomic mass is 10.1. The van der Waals surface area contributed by atoms with E-state index in [2.05, 4.69) is 91.6 Å². The summed E-state index contributed by atoms with van der Waals surface area (Å²) in [6.07, 6.45) is 11.6. The fourth-order valence-corrected chi connectivity index (χ4v) is 1.89. The summed E-state index contributed by atoms with van der Waals surface area (Å²) in [4.78, 5) is 0. The minimum absolute atomic E-state index is 0.125. The first-order valence-corrected chi connectivity index (χ1v) is 12.4. The molecule has 34 heavy (non-hydrogen) atoms. The van der Waals surface area contributed by atoms with E-state index in [4.69, 9.17) is 20.1 Å². The summed E-state index contributed by atoms with van der Waals surface area (Å²) in [6.45, 7) is 41.8. The average Bonchev–Trinajstić information content (AvgIpc) is 2.95.